The highest BCUT2D eigenvalue weighted by molar-refractivity contribution is 5.76. The molecule has 0 saturated carbocycles. The van der Waals surface area contributed by atoms with Crippen molar-refractivity contribution < 1.29 is 4.79 Å². The van der Waals surface area contributed by atoms with Crippen LogP contribution in [0, 0.1) is 11.8 Å². The molecule has 1 heteroatoms. The van der Waals surface area contributed by atoms with E-state index in [0.29, 0.717) is 17.8 Å². The largest absolute Gasteiger partial charge is 0.298 e. The number of carbonyl (C=O) groups is 1. The Labute approximate surface area is 118 Å². The van der Waals surface area contributed by atoms with Gasteiger partial charge in [-0.05, 0) is 40.4 Å². The Morgan fingerprint density at radius 2 is 1.79 bits per heavy atom. The van der Waals surface area contributed by atoms with Gasteiger partial charge in [0, 0.05) is 5.56 Å². The van der Waals surface area contributed by atoms with Crippen LogP contribution < -0.4 is 0 Å². The van der Waals surface area contributed by atoms with Crippen molar-refractivity contribution in [1.82, 2.24) is 0 Å². The Kier molecular flexibility index (Phi) is 4.95. The van der Waals surface area contributed by atoms with Crippen LogP contribution in [0.4, 0.5) is 0 Å². The molecule has 1 aromatic rings. The zero-order valence-corrected chi connectivity index (χ0v) is 13.4. The van der Waals surface area contributed by atoms with Crippen LogP contribution >= 0.6 is 0 Å². The van der Waals surface area contributed by atoms with Gasteiger partial charge < -0.3 is 0 Å². The van der Waals surface area contributed by atoms with Gasteiger partial charge in [-0.3, -0.25) is 4.79 Å². The van der Waals surface area contributed by atoms with Crippen LogP contribution in [0.25, 0.3) is 0 Å². The van der Waals surface area contributed by atoms with Crippen molar-refractivity contribution in [3.05, 3.63) is 34.9 Å². The summed E-state index contributed by atoms with van der Waals surface area (Å²) in [6, 6.07) is 6.19. The van der Waals surface area contributed by atoms with Crippen LogP contribution in [0.1, 0.15) is 75.9 Å². The van der Waals surface area contributed by atoms with Gasteiger partial charge in [0.1, 0.15) is 6.29 Å². The Hall–Kier alpha value is -1.11. The molecule has 0 spiro atoms. The first kappa shape index (κ1) is 15.9. The first-order valence-corrected chi connectivity index (χ1v) is 7.49. The molecular formula is C18H28O. The van der Waals surface area contributed by atoms with Crippen LogP contribution in [0.3, 0.4) is 0 Å². The molecular weight excluding hydrogens is 232 g/mol. The van der Waals surface area contributed by atoms with E-state index in [4.69, 9.17) is 0 Å². The average molecular weight is 260 g/mol. The molecule has 19 heavy (non-hydrogen) atoms. The monoisotopic (exact) mass is 260 g/mol. The van der Waals surface area contributed by atoms with Gasteiger partial charge in [-0.15, -0.1) is 0 Å². The zero-order valence-electron chi connectivity index (χ0n) is 13.4. The molecule has 0 radical (unpaired) electrons. The van der Waals surface area contributed by atoms with E-state index in [1.165, 1.54) is 11.1 Å². The first-order valence-electron chi connectivity index (χ1n) is 7.49. The molecule has 0 aliphatic heterocycles. The van der Waals surface area contributed by atoms with Crippen molar-refractivity contribution in [1.29, 1.82) is 0 Å². The fraction of sp³-hybridized carbons (Fsp3) is 0.611. The van der Waals surface area contributed by atoms with Crippen LogP contribution in [0.2, 0.25) is 0 Å². The molecule has 1 nitrogen and oxygen atoms in total. The van der Waals surface area contributed by atoms with Gasteiger partial charge in [0.05, 0.1) is 0 Å². The molecule has 2 atom stereocenters. The van der Waals surface area contributed by atoms with E-state index in [0.717, 1.165) is 11.8 Å². The number of carbonyl (C=O) groups excluding carboxylic acids is 1. The minimum Gasteiger partial charge on any atom is -0.298 e. The second-order valence-electron chi connectivity index (χ2n) is 6.24. The van der Waals surface area contributed by atoms with E-state index in [9.17, 15) is 4.79 Å². The van der Waals surface area contributed by atoms with Gasteiger partial charge in [-0.25, -0.2) is 0 Å². The van der Waals surface area contributed by atoms with E-state index < -0.39 is 0 Å². The van der Waals surface area contributed by atoms with Crippen molar-refractivity contribution >= 4 is 6.29 Å². The fourth-order valence-corrected chi connectivity index (χ4v) is 3.42. The summed E-state index contributed by atoms with van der Waals surface area (Å²) in [5.74, 6) is 1.81. The standard InChI is InChI=1S/C16H22O.C2H6/c1-10(2)15-11(3)16(4,5)14-7-6-12(9-17)8-13(14)15;1-2/h6-11,15H,1-5H3;1-2H3. The average Bonchev–Trinajstić information content (AvgIpc) is 2.59. The van der Waals surface area contributed by atoms with Gasteiger partial charge >= 0.3 is 0 Å². The summed E-state index contributed by atoms with van der Waals surface area (Å²) in [6.45, 7) is 15.5. The number of benzene rings is 1. The highest BCUT2D eigenvalue weighted by atomic mass is 16.1. The third-order valence-electron chi connectivity index (χ3n) is 4.66. The van der Waals surface area contributed by atoms with Gasteiger partial charge in [-0.2, -0.15) is 0 Å². The number of hydrogen-bond acceptors (Lipinski definition) is 1. The number of fused-ring (bicyclic) bond motifs is 1. The van der Waals surface area contributed by atoms with Gasteiger partial charge in [-0.1, -0.05) is 60.6 Å². The van der Waals surface area contributed by atoms with E-state index in [1.807, 2.05) is 19.9 Å². The lowest BCUT2D eigenvalue weighted by atomic mass is 9.74. The van der Waals surface area contributed by atoms with Gasteiger partial charge in [0.15, 0.2) is 0 Å². The predicted octanol–water partition coefficient (Wildman–Crippen LogP) is 5.19. The Balaban J connectivity index is 0.000000861. The summed E-state index contributed by atoms with van der Waals surface area (Å²) in [6.07, 6.45) is 0.952. The predicted molar refractivity (Wildman–Crippen MR) is 82.9 cm³/mol. The third-order valence-corrected chi connectivity index (χ3v) is 4.66. The molecule has 1 aromatic carbocycles. The molecule has 106 valence electrons. The van der Waals surface area contributed by atoms with Crippen LogP contribution in [0.15, 0.2) is 18.2 Å². The van der Waals surface area contributed by atoms with Crippen molar-refractivity contribution in [2.45, 2.75) is 59.8 Å². The quantitative estimate of drug-likeness (QED) is 0.669. The molecule has 1 aliphatic carbocycles. The summed E-state index contributed by atoms with van der Waals surface area (Å²) < 4.78 is 0. The van der Waals surface area contributed by atoms with E-state index in [-0.39, 0.29) is 5.41 Å². The summed E-state index contributed by atoms with van der Waals surface area (Å²) in [4.78, 5) is 10.9. The summed E-state index contributed by atoms with van der Waals surface area (Å²) >= 11 is 0. The number of rotatable bonds is 2. The molecule has 2 unspecified atom stereocenters. The van der Waals surface area contributed by atoms with Crippen molar-refractivity contribution in [2.75, 3.05) is 0 Å². The first-order chi connectivity index (χ1) is 8.89. The highest BCUT2D eigenvalue weighted by Gasteiger charge is 2.44. The van der Waals surface area contributed by atoms with E-state index in [2.05, 4.69) is 46.8 Å². The third kappa shape index (κ3) is 2.61. The van der Waals surface area contributed by atoms with Crippen LogP contribution in [0.5, 0.6) is 0 Å². The number of aldehydes is 1. The maximum absolute atomic E-state index is 10.9. The molecule has 0 aromatic heterocycles. The molecule has 0 saturated heterocycles. The van der Waals surface area contributed by atoms with Crippen molar-refractivity contribution in [3.8, 4) is 0 Å². The van der Waals surface area contributed by atoms with Gasteiger partial charge in [0.25, 0.3) is 0 Å². The Morgan fingerprint density at radius 3 is 2.26 bits per heavy atom. The van der Waals surface area contributed by atoms with Crippen LogP contribution in [-0.2, 0) is 5.41 Å². The second-order valence-corrected chi connectivity index (χ2v) is 6.24. The van der Waals surface area contributed by atoms with Crippen LogP contribution in [-0.4, -0.2) is 6.29 Å². The normalized spacial score (nSPS) is 23.6. The lowest BCUT2D eigenvalue weighted by molar-refractivity contribution is 0.112. The smallest absolute Gasteiger partial charge is 0.150 e. The highest BCUT2D eigenvalue weighted by Crippen LogP contribution is 2.52. The minimum absolute atomic E-state index is 0.214. The van der Waals surface area contributed by atoms with E-state index >= 15 is 0 Å². The fourth-order valence-electron chi connectivity index (χ4n) is 3.42. The van der Waals surface area contributed by atoms with E-state index in [1.54, 1.807) is 0 Å². The number of hydrogen-bond donors (Lipinski definition) is 0. The summed E-state index contributed by atoms with van der Waals surface area (Å²) in [5.41, 5.74) is 3.83. The van der Waals surface area contributed by atoms with Gasteiger partial charge in [0.2, 0.25) is 0 Å². The maximum Gasteiger partial charge on any atom is 0.150 e. The molecule has 0 amide bonds. The Morgan fingerprint density at radius 1 is 1.21 bits per heavy atom. The maximum atomic E-state index is 10.9. The second kappa shape index (κ2) is 5.90. The summed E-state index contributed by atoms with van der Waals surface area (Å²) in [5, 5.41) is 0. The molecule has 0 bridgehead atoms. The molecule has 1 aliphatic rings. The lowest BCUT2D eigenvalue weighted by Crippen LogP contribution is -2.24. The van der Waals surface area contributed by atoms with Crippen molar-refractivity contribution in [3.63, 3.8) is 0 Å². The summed E-state index contributed by atoms with van der Waals surface area (Å²) in [7, 11) is 0. The molecule has 2 rings (SSSR count). The molecule has 0 N–H and O–H groups in total. The van der Waals surface area contributed by atoms with Crippen molar-refractivity contribution in [2.24, 2.45) is 11.8 Å². The topological polar surface area (TPSA) is 17.1 Å². The minimum atomic E-state index is 0.214. The molecule has 0 fully saturated rings. The molecule has 0 heterocycles. The Bertz CT molecular complexity index is 443. The zero-order chi connectivity index (χ0) is 14.8. The SMILES string of the molecule is CC.CC(C)C1c2cc(C=O)ccc2C(C)(C)C1C. The lowest BCUT2D eigenvalue weighted by Gasteiger charge is -2.29.